The Balaban J connectivity index is 2.32. The van der Waals surface area contributed by atoms with Crippen molar-refractivity contribution in [1.29, 1.82) is 0 Å². The molecule has 1 aromatic rings. The molecule has 0 fully saturated rings. The minimum absolute atomic E-state index is 0.00370. The van der Waals surface area contributed by atoms with E-state index in [4.69, 9.17) is 5.11 Å². The topological polar surface area (TPSA) is 43.8 Å². The summed E-state index contributed by atoms with van der Waals surface area (Å²) in [4.78, 5) is 15.6. The van der Waals surface area contributed by atoms with Crippen LogP contribution in [0, 0.1) is 5.92 Å². The van der Waals surface area contributed by atoms with E-state index >= 15 is 0 Å². The van der Waals surface area contributed by atoms with Gasteiger partial charge in [0, 0.05) is 26.7 Å². The first-order chi connectivity index (χ1) is 8.13. The van der Waals surface area contributed by atoms with Crippen molar-refractivity contribution in [2.45, 2.75) is 13.5 Å². The average Bonchev–Trinajstić information content (AvgIpc) is 2.34. The third-order valence-corrected chi connectivity index (χ3v) is 3.05. The van der Waals surface area contributed by atoms with Crippen LogP contribution in [-0.2, 0) is 6.54 Å². The molecule has 4 nitrogen and oxygen atoms in total. The summed E-state index contributed by atoms with van der Waals surface area (Å²) in [6, 6.07) is 7.92. The molecule has 0 aliphatic carbocycles. The Bertz CT molecular complexity index is 420. The third kappa shape index (κ3) is 2.26. The molecule has 1 unspecified atom stereocenters. The fourth-order valence-corrected chi connectivity index (χ4v) is 2.09. The van der Waals surface area contributed by atoms with Crippen LogP contribution in [0.15, 0.2) is 24.3 Å². The van der Waals surface area contributed by atoms with Crippen LogP contribution < -0.4 is 4.90 Å². The highest BCUT2D eigenvalue weighted by molar-refractivity contribution is 5.94. The number of hydrogen-bond donors (Lipinski definition) is 1. The molecule has 0 spiro atoms. The maximum Gasteiger partial charge on any atom is 0.324 e. The highest BCUT2D eigenvalue weighted by atomic mass is 16.3. The van der Waals surface area contributed by atoms with Gasteiger partial charge in [0.25, 0.3) is 0 Å². The molecule has 1 aliphatic rings. The lowest BCUT2D eigenvalue weighted by atomic mass is 10.1. The normalized spacial score (nSPS) is 17.0. The number of hydrogen-bond acceptors (Lipinski definition) is 2. The second kappa shape index (κ2) is 4.75. The Morgan fingerprint density at radius 3 is 2.82 bits per heavy atom. The van der Waals surface area contributed by atoms with Crippen LogP contribution in [0.5, 0.6) is 0 Å². The molecule has 17 heavy (non-hydrogen) atoms. The zero-order valence-electron chi connectivity index (χ0n) is 10.3. The standard InChI is InChI=1S/C13H18N2O2/c1-10(9-16)7-15-12-6-4-3-5-11(12)8-14(2)13(15)17/h3-6,10,16H,7-9H2,1-2H3. The summed E-state index contributed by atoms with van der Waals surface area (Å²) in [6.45, 7) is 3.23. The number of benzene rings is 1. The van der Waals surface area contributed by atoms with Gasteiger partial charge in [0.1, 0.15) is 0 Å². The molecule has 1 atom stereocenters. The lowest BCUT2D eigenvalue weighted by Gasteiger charge is -2.36. The maximum absolute atomic E-state index is 12.1. The molecule has 0 bridgehead atoms. The molecular formula is C13H18N2O2. The zero-order valence-corrected chi connectivity index (χ0v) is 10.3. The van der Waals surface area contributed by atoms with Gasteiger partial charge in [0.15, 0.2) is 0 Å². The molecule has 0 aromatic heterocycles. The van der Waals surface area contributed by atoms with Crippen molar-refractivity contribution in [3.8, 4) is 0 Å². The number of aliphatic hydroxyl groups is 1. The first-order valence-electron chi connectivity index (χ1n) is 5.85. The fraction of sp³-hybridized carbons (Fsp3) is 0.462. The fourth-order valence-electron chi connectivity index (χ4n) is 2.09. The maximum atomic E-state index is 12.1. The van der Waals surface area contributed by atoms with E-state index in [1.807, 2.05) is 31.2 Å². The third-order valence-electron chi connectivity index (χ3n) is 3.05. The van der Waals surface area contributed by atoms with E-state index < -0.39 is 0 Å². The number of amides is 2. The number of para-hydroxylation sites is 1. The molecule has 1 aromatic carbocycles. The van der Waals surface area contributed by atoms with Crippen LogP contribution in [0.2, 0.25) is 0 Å². The Morgan fingerprint density at radius 2 is 2.12 bits per heavy atom. The summed E-state index contributed by atoms with van der Waals surface area (Å²) in [5, 5.41) is 9.11. The van der Waals surface area contributed by atoms with Gasteiger partial charge < -0.3 is 10.0 Å². The molecule has 92 valence electrons. The summed E-state index contributed by atoms with van der Waals surface area (Å²) >= 11 is 0. The van der Waals surface area contributed by atoms with Crippen molar-refractivity contribution in [2.24, 2.45) is 5.92 Å². The number of urea groups is 1. The summed E-state index contributed by atoms with van der Waals surface area (Å²) < 4.78 is 0. The van der Waals surface area contributed by atoms with E-state index in [1.165, 1.54) is 0 Å². The monoisotopic (exact) mass is 234 g/mol. The van der Waals surface area contributed by atoms with E-state index in [-0.39, 0.29) is 18.6 Å². The molecule has 1 aliphatic heterocycles. The second-order valence-electron chi connectivity index (χ2n) is 4.67. The average molecular weight is 234 g/mol. The Hall–Kier alpha value is -1.55. The van der Waals surface area contributed by atoms with Gasteiger partial charge >= 0.3 is 6.03 Å². The number of aliphatic hydroxyl groups excluding tert-OH is 1. The second-order valence-corrected chi connectivity index (χ2v) is 4.67. The molecule has 4 heteroatoms. The summed E-state index contributed by atoms with van der Waals surface area (Å²) in [5.41, 5.74) is 2.12. The van der Waals surface area contributed by atoms with Crippen LogP contribution in [0.1, 0.15) is 12.5 Å². The smallest absolute Gasteiger partial charge is 0.324 e. The molecule has 2 amide bonds. The van der Waals surface area contributed by atoms with E-state index in [0.29, 0.717) is 13.1 Å². The molecule has 2 rings (SSSR count). The molecule has 0 saturated heterocycles. The van der Waals surface area contributed by atoms with Gasteiger partial charge in [-0.15, -0.1) is 0 Å². The predicted octanol–water partition coefficient (Wildman–Crippen LogP) is 1.69. The van der Waals surface area contributed by atoms with E-state index in [0.717, 1.165) is 11.3 Å². The number of fused-ring (bicyclic) bond motifs is 1. The zero-order chi connectivity index (χ0) is 12.4. The number of carbonyl (C=O) groups is 1. The summed E-state index contributed by atoms with van der Waals surface area (Å²) in [5.74, 6) is 0.0820. The van der Waals surface area contributed by atoms with Crippen molar-refractivity contribution >= 4 is 11.7 Å². The van der Waals surface area contributed by atoms with Gasteiger partial charge in [-0.2, -0.15) is 0 Å². The first-order valence-corrected chi connectivity index (χ1v) is 5.85. The van der Waals surface area contributed by atoms with Gasteiger partial charge in [0.05, 0.1) is 5.69 Å². The van der Waals surface area contributed by atoms with Crippen molar-refractivity contribution in [3.05, 3.63) is 29.8 Å². The molecular weight excluding hydrogens is 216 g/mol. The summed E-state index contributed by atoms with van der Waals surface area (Å²) in [7, 11) is 1.80. The van der Waals surface area contributed by atoms with Crippen LogP contribution in [0.3, 0.4) is 0 Å². The van der Waals surface area contributed by atoms with Crippen molar-refractivity contribution in [1.82, 2.24) is 4.90 Å². The minimum Gasteiger partial charge on any atom is -0.396 e. The molecule has 1 N–H and O–H groups in total. The van der Waals surface area contributed by atoms with E-state index in [1.54, 1.807) is 16.8 Å². The SMILES string of the molecule is CC(CO)CN1C(=O)N(C)Cc2ccccc21. The molecule has 0 radical (unpaired) electrons. The summed E-state index contributed by atoms with van der Waals surface area (Å²) in [6.07, 6.45) is 0. The molecule has 1 heterocycles. The molecule has 0 saturated carbocycles. The lowest BCUT2D eigenvalue weighted by Crippen LogP contribution is -2.47. The highest BCUT2D eigenvalue weighted by Crippen LogP contribution is 2.28. The van der Waals surface area contributed by atoms with Crippen molar-refractivity contribution in [2.75, 3.05) is 25.1 Å². The van der Waals surface area contributed by atoms with Gasteiger partial charge in [0.2, 0.25) is 0 Å². The number of anilines is 1. The van der Waals surface area contributed by atoms with Crippen molar-refractivity contribution in [3.63, 3.8) is 0 Å². The van der Waals surface area contributed by atoms with Crippen LogP contribution in [-0.4, -0.2) is 36.2 Å². The van der Waals surface area contributed by atoms with E-state index in [9.17, 15) is 4.79 Å². The van der Waals surface area contributed by atoms with Crippen LogP contribution in [0.4, 0.5) is 10.5 Å². The number of nitrogens with zero attached hydrogens (tertiary/aromatic N) is 2. The number of carbonyl (C=O) groups excluding carboxylic acids is 1. The highest BCUT2D eigenvalue weighted by Gasteiger charge is 2.28. The number of rotatable bonds is 3. The van der Waals surface area contributed by atoms with Crippen molar-refractivity contribution < 1.29 is 9.90 Å². The van der Waals surface area contributed by atoms with Gasteiger partial charge in [-0.25, -0.2) is 4.79 Å². The van der Waals surface area contributed by atoms with Gasteiger partial charge in [-0.3, -0.25) is 4.90 Å². The largest absolute Gasteiger partial charge is 0.396 e. The lowest BCUT2D eigenvalue weighted by molar-refractivity contribution is 0.203. The van der Waals surface area contributed by atoms with E-state index in [2.05, 4.69) is 0 Å². The quantitative estimate of drug-likeness (QED) is 0.865. The Labute approximate surface area is 101 Å². The van der Waals surface area contributed by atoms with Gasteiger partial charge in [-0.05, 0) is 17.5 Å². The van der Waals surface area contributed by atoms with Gasteiger partial charge in [-0.1, -0.05) is 25.1 Å². The predicted molar refractivity (Wildman–Crippen MR) is 66.9 cm³/mol. The van der Waals surface area contributed by atoms with Crippen LogP contribution >= 0.6 is 0 Å². The Kier molecular flexibility index (Phi) is 3.33. The minimum atomic E-state index is 0.00370. The Morgan fingerprint density at radius 1 is 1.41 bits per heavy atom. The van der Waals surface area contributed by atoms with Crippen LogP contribution in [0.25, 0.3) is 0 Å². The first kappa shape index (κ1) is 11.9.